The van der Waals surface area contributed by atoms with E-state index in [0.717, 1.165) is 11.1 Å². The van der Waals surface area contributed by atoms with Crippen LogP contribution in [0.4, 0.5) is 0 Å². The Morgan fingerprint density at radius 2 is 1.57 bits per heavy atom. The molecule has 0 spiro atoms. The summed E-state index contributed by atoms with van der Waals surface area (Å²) in [5.74, 6) is -0.895. The molecular weight excluding hydrogens is 447 g/mol. The SMILES string of the molecule is COc1ccc(C(COCc2ccccc2)CB2OC(C)(C)C(C)(C)O2)c2c1C(=O)OC(C)(C)O2. The van der Waals surface area contributed by atoms with Crippen molar-refractivity contribution >= 4 is 13.1 Å². The van der Waals surface area contributed by atoms with E-state index in [1.54, 1.807) is 19.9 Å². The Balaban J connectivity index is 1.66. The maximum Gasteiger partial charge on any atom is 0.458 e. The molecule has 2 aromatic rings. The van der Waals surface area contributed by atoms with Crippen molar-refractivity contribution in [3.05, 3.63) is 59.2 Å². The van der Waals surface area contributed by atoms with E-state index in [1.165, 1.54) is 7.11 Å². The van der Waals surface area contributed by atoms with Gasteiger partial charge in [0.05, 0.1) is 31.5 Å². The lowest BCUT2D eigenvalue weighted by molar-refractivity contribution is -0.128. The number of carbonyl (C=O) groups is 1. The molecule has 0 aliphatic carbocycles. The third kappa shape index (κ3) is 5.34. The molecule has 0 saturated carbocycles. The van der Waals surface area contributed by atoms with Crippen molar-refractivity contribution in [1.29, 1.82) is 0 Å². The van der Waals surface area contributed by atoms with Gasteiger partial charge in [-0.3, -0.25) is 0 Å². The summed E-state index contributed by atoms with van der Waals surface area (Å²) in [5.41, 5.74) is 1.29. The van der Waals surface area contributed by atoms with Crippen molar-refractivity contribution < 1.29 is 33.1 Å². The van der Waals surface area contributed by atoms with Gasteiger partial charge in [0.25, 0.3) is 0 Å². The molecular formula is C27H35BO7. The van der Waals surface area contributed by atoms with Gasteiger partial charge in [0, 0.05) is 25.3 Å². The summed E-state index contributed by atoms with van der Waals surface area (Å²) in [4.78, 5) is 12.9. The predicted molar refractivity (Wildman–Crippen MR) is 133 cm³/mol. The lowest BCUT2D eigenvalue weighted by atomic mass is 9.74. The maximum atomic E-state index is 12.9. The first-order chi connectivity index (χ1) is 16.4. The number of cyclic esters (lactones) is 1. The molecule has 1 unspecified atom stereocenters. The molecule has 4 rings (SSSR count). The molecule has 0 bridgehead atoms. The molecule has 35 heavy (non-hydrogen) atoms. The average Bonchev–Trinajstić information content (AvgIpc) is 2.98. The summed E-state index contributed by atoms with van der Waals surface area (Å²) in [7, 11) is 1.08. The third-order valence-electron chi connectivity index (χ3n) is 6.91. The van der Waals surface area contributed by atoms with Crippen LogP contribution < -0.4 is 9.47 Å². The van der Waals surface area contributed by atoms with Gasteiger partial charge in [-0.2, -0.15) is 0 Å². The van der Waals surface area contributed by atoms with Crippen LogP contribution in [0.5, 0.6) is 11.5 Å². The van der Waals surface area contributed by atoms with Gasteiger partial charge in [0.2, 0.25) is 5.79 Å². The van der Waals surface area contributed by atoms with Gasteiger partial charge in [-0.15, -0.1) is 0 Å². The summed E-state index contributed by atoms with van der Waals surface area (Å²) >= 11 is 0. The second kappa shape index (κ2) is 9.49. The van der Waals surface area contributed by atoms with Crippen LogP contribution in [0.1, 0.15) is 68.9 Å². The van der Waals surface area contributed by atoms with Crippen molar-refractivity contribution in [3.63, 3.8) is 0 Å². The molecule has 2 aromatic carbocycles. The average molecular weight is 482 g/mol. The number of rotatable bonds is 8. The Hall–Kier alpha value is -2.55. The van der Waals surface area contributed by atoms with Gasteiger partial charge in [-0.1, -0.05) is 36.4 Å². The van der Waals surface area contributed by atoms with Crippen LogP contribution in [0.2, 0.25) is 6.32 Å². The predicted octanol–water partition coefficient (Wildman–Crippen LogP) is 5.37. The van der Waals surface area contributed by atoms with Crippen LogP contribution in [0, 0.1) is 0 Å². The minimum atomic E-state index is -1.11. The van der Waals surface area contributed by atoms with E-state index in [9.17, 15) is 4.79 Å². The van der Waals surface area contributed by atoms with Crippen LogP contribution >= 0.6 is 0 Å². The zero-order chi connectivity index (χ0) is 25.4. The number of hydrogen-bond donors (Lipinski definition) is 0. The van der Waals surface area contributed by atoms with Gasteiger partial charge >= 0.3 is 13.1 Å². The third-order valence-corrected chi connectivity index (χ3v) is 6.91. The van der Waals surface area contributed by atoms with Gasteiger partial charge < -0.3 is 28.3 Å². The fraction of sp³-hybridized carbons (Fsp3) is 0.519. The molecule has 2 heterocycles. The summed E-state index contributed by atoms with van der Waals surface area (Å²) in [6.07, 6.45) is 0.527. The number of carbonyl (C=O) groups excluding carboxylic acids is 1. The zero-order valence-corrected chi connectivity index (χ0v) is 21.7. The highest BCUT2D eigenvalue weighted by atomic mass is 16.7. The molecule has 1 fully saturated rings. The van der Waals surface area contributed by atoms with Gasteiger partial charge in [-0.25, -0.2) is 4.79 Å². The number of benzene rings is 2. The van der Waals surface area contributed by atoms with Gasteiger partial charge in [0.1, 0.15) is 17.1 Å². The Morgan fingerprint density at radius 1 is 0.914 bits per heavy atom. The van der Waals surface area contributed by atoms with E-state index in [4.69, 9.17) is 28.3 Å². The fourth-order valence-electron chi connectivity index (χ4n) is 4.39. The van der Waals surface area contributed by atoms with E-state index in [0.29, 0.717) is 31.0 Å². The lowest BCUT2D eigenvalue weighted by Crippen LogP contribution is -2.41. The number of ether oxygens (including phenoxy) is 4. The van der Waals surface area contributed by atoms with Gasteiger partial charge in [-0.05, 0) is 45.6 Å². The minimum Gasteiger partial charge on any atom is -0.496 e. The quantitative estimate of drug-likeness (QED) is 0.370. The Kier molecular flexibility index (Phi) is 6.92. The zero-order valence-electron chi connectivity index (χ0n) is 21.7. The highest BCUT2D eigenvalue weighted by Crippen LogP contribution is 2.45. The first-order valence-electron chi connectivity index (χ1n) is 12.0. The van der Waals surface area contributed by atoms with Crippen LogP contribution in [-0.4, -0.2) is 43.8 Å². The summed E-state index contributed by atoms with van der Waals surface area (Å²) < 4.78 is 35.9. The smallest absolute Gasteiger partial charge is 0.458 e. The minimum absolute atomic E-state index is 0.172. The lowest BCUT2D eigenvalue weighted by Gasteiger charge is -2.35. The Morgan fingerprint density at radius 3 is 2.20 bits per heavy atom. The molecule has 8 heteroatoms. The summed E-state index contributed by atoms with van der Waals surface area (Å²) in [6.45, 7) is 12.4. The molecule has 1 saturated heterocycles. The maximum absolute atomic E-state index is 12.9. The molecule has 1 atom stereocenters. The van der Waals surface area contributed by atoms with Crippen molar-refractivity contribution in [1.82, 2.24) is 0 Å². The van der Waals surface area contributed by atoms with Crippen LogP contribution in [-0.2, 0) is 25.4 Å². The molecule has 0 amide bonds. The topological polar surface area (TPSA) is 72.5 Å². The highest BCUT2D eigenvalue weighted by molar-refractivity contribution is 6.45. The van der Waals surface area contributed by atoms with Crippen molar-refractivity contribution in [2.24, 2.45) is 0 Å². The second-order valence-corrected chi connectivity index (χ2v) is 10.6. The first-order valence-corrected chi connectivity index (χ1v) is 12.0. The van der Waals surface area contributed by atoms with Crippen molar-refractivity contribution in [2.75, 3.05) is 13.7 Å². The molecule has 2 aliphatic heterocycles. The van der Waals surface area contributed by atoms with Crippen LogP contribution in [0.3, 0.4) is 0 Å². The standard InChI is InChI=1S/C27H35BO7/c1-25(2)26(3,4)35-28(34-25)15-19(17-31-16-18-11-9-8-10-12-18)20-13-14-21(30-7)22-23(20)32-27(5,6)33-24(22)29/h8-14,19H,15-17H2,1-7H3. The summed E-state index contributed by atoms with van der Waals surface area (Å²) in [5, 5.41) is 0. The van der Waals surface area contributed by atoms with Crippen molar-refractivity contribution in [3.8, 4) is 11.5 Å². The molecule has 188 valence electrons. The summed E-state index contributed by atoms with van der Waals surface area (Å²) in [6, 6.07) is 13.7. The van der Waals surface area contributed by atoms with Gasteiger partial charge in [0.15, 0.2) is 0 Å². The van der Waals surface area contributed by atoms with E-state index >= 15 is 0 Å². The first kappa shape index (κ1) is 25.5. The fourth-order valence-corrected chi connectivity index (χ4v) is 4.39. The van der Waals surface area contributed by atoms with E-state index in [-0.39, 0.29) is 11.5 Å². The molecule has 7 nitrogen and oxygen atoms in total. The molecule has 2 aliphatic rings. The largest absolute Gasteiger partial charge is 0.496 e. The second-order valence-electron chi connectivity index (χ2n) is 10.6. The monoisotopic (exact) mass is 482 g/mol. The highest BCUT2D eigenvalue weighted by Gasteiger charge is 2.52. The van der Waals surface area contributed by atoms with Crippen LogP contribution in [0.15, 0.2) is 42.5 Å². The van der Waals surface area contributed by atoms with Crippen LogP contribution in [0.25, 0.3) is 0 Å². The number of esters is 1. The normalized spacial score (nSPS) is 20.5. The van der Waals surface area contributed by atoms with E-state index < -0.39 is 30.1 Å². The molecule has 0 aromatic heterocycles. The Labute approximate surface area is 208 Å². The number of fused-ring (bicyclic) bond motifs is 1. The number of hydrogen-bond acceptors (Lipinski definition) is 7. The molecule has 0 radical (unpaired) electrons. The van der Waals surface area contributed by atoms with Crippen molar-refractivity contribution in [2.45, 2.75) is 77.4 Å². The Bertz CT molecular complexity index is 1050. The molecule has 0 N–H and O–H groups in total. The number of methoxy groups -OCH3 is 1. The van der Waals surface area contributed by atoms with E-state index in [2.05, 4.69) is 0 Å². The van der Waals surface area contributed by atoms with E-state index in [1.807, 2.05) is 64.1 Å².